The van der Waals surface area contributed by atoms with Crippen molar-refractivity contribution in [2.45, 2.75) is 6.04 Å². The molecule has 1 N–H and O–H groups in total. The Morgan fingerprint density at radius 3 is 2.00 bits per heavy atom. The molecule has 0 radical (unpaired) electrons. The van der Waals surface area contributed by atoms with Gasteiger partial charge in [-0.2, -0.15) is 0 Å². The Labute approximate surface area is 176 Å². The van der Waals surface area contributed by atoms with Gasteiger partial charge in [0.25, 0.3) is 11.7 Å². The van der Waals surface area contributed by atoms with Gasteiger partial charge in [0.05, 0.1) is 11.6 Å². The third-order valence-corrected chi connectivity index (χ3v) is 5.43. The van der Waals surface area contributed by atoms with Crippen LogP contribution in [0, 0.1) is 3.57 Å². The fourth-order valence-electron chi connectivity index (χ4n) is 3.40. The van der Waals surface area contributed by atoms with Gasteiger partial charge >= 0.3 is 0 Å². The summed E-state index contributed by atoms with van der Waals surface area (Å²) in [5, 5.41) is 10.9. The lowest BCUT2D eigenvalue weighted by molar-refractivity contribution is -0.132. The Kier molecular flexibility index (Phi) is 5.00. The normalized spacial score (nSPS) is 18.5. The fraction of sp³-hybridized carbons (Fsp3) is 0.0435. The number of amides is 1. The SMILES string of the molecule is O=C1C(=O)N(c2ccc(I)cc2)[C@@H](c2ccccc2)/C1=C(/O)c1ccccc1. The van der Waals surface area contributed by atoms with E-state index in [0.717, 1.165) is 9.13 Å². The summed E-state index contributed by atoms with van der Waals surface area (Å²) in [7, 11) is 0. The van der Waals surface area contributed by atoms with Crippen LogP contribution >= 0.6 is 22.6 Å². The Morgan fingerprint density at radius 1 is 0.821 bits per heavy atom. The van der Waals surface area contributed by atoms with Gasteiger partial charge in [0, 0.05) is 14.8 Å². The van der Waals surface area contributed by atoms with E-state index in [0.29, 0.717) is 11.3 Å². The first kappa shape index (κ1) is 18.4. The number of rotatable bonds is 3. The Bertz CT molecular complexity index is 1060. The molecular weight excluding hydrogens is 465 g/mol. The van der Waals surface area contributed by atoms with E-state index in [1.807, 2.05) is 60.7 Å². The number of carbonyl (C=O) groups is 2. The summed E-state index contributed by atoms with van der Waals surface area (Å²) in [6, 6.07) is 24.8. The topological polar surface area (TPSA) is 57.6 Å². The lowest BCUT2D eigenvalue weighted by atomic mass is 9.95. The highest BCUT2D eigenvalue weighted by atomic mass is 127. The van der Waals surface area contributed by atoms with E-state index >= 15 is 0 Å². The van der Waals surface area contributed by atoms with Gasteiger partial charge in [-0.3, -0.25) is 14.5 Å². The molecule has 28 heavy (non-hydrogen) atoms. The molecule has 5 heteroatoms. The van der Waals surface area contributed by atoms with Crippen LogP contribution in [0.25, 0.3) is 5.76 Å². The van der Waals surface area contributed by atoms with E-state index in [9.17, 15) is 14.7 Å². The first-order valence-corrected chi connectivity index (χ1v) is 9.83. The van der Waals surface area contributed by atoms with Crippen molar-refractivity contribution in [1.29, 1.82) is 0 Å². The van der Waals surface area contributed by atoms with Gasteiger partial charge in [-0.15, -0.1) is 0 Å². The molecule has 1 heterocycles. The number of benzene rings is 3. The molecule has 0 aromatic heterocycles. The second-order valence-electron chi connectivity index (χ2n) is 6.42. The Hall–Kier alpha value is -2.93. The molecule has 3 aromatic rings. The smallest absolute Gasteiger partial charge is 0.300 e. The van der Waals surface area contributed by atoms with E-state index in [1.165, 1.54) is 4.90 Å². The predicted molar refractivity (Wildman–Crippen MR) is 117 cm³/mol. The van der Waals surface area contributed by atoms with Crippen molar-refractivity contribution in [1.82, 2.24) is 0 Å². The summed E-state index contributed by atoms with van der Waals surface area (Å²) in [6.45, 7) is 0. The van der Waals surface area contributed by atoms with Crippen molar-refractivity contribution in [2.24, 2.45) is 0 Å². The molecule has 0 spiro atoms. The number of nitrogens with zero attached hydrogens (tertiary/aromatic N) is 1. The number of halogens is 1. The second-order valence-corrected chi connectivity index (χ2v) is 7.67. The second kappa shape index (κ2) is 7.59. The molecule has 0 unspecified atom stereocenters. The van der Waals surface area contributed by atoms with E-state index < -0.39 is 17.7 Å². The maximum atomic E-state index is 12.9. The molecule has 1 saturated heterocycles. The van der Waals surface area contributed by atoms with Gasteiger partial charge in [0.1, 0.15) is 5.76 Å². The quantitative estimate of drug-likeness (QED) is 0.250. The number of hydrogen-bond acceptors (Lipinski definition) is 3. The van der Waals surface area contributed by atoms with Gasteiger partial charge in [0.2, 0.25) is 0 Å². The van der Waals surface area contributed by atoms with Crippen LogP contribution in [-0.2, 0) is 9.59 Å². The van der Waals surface area contributed by atoms with Gasteiger partial charge in [-0.05, 0) is 52.4 Å². The lowest BCUT2D eigenvalue weighted by Gasteiger charge is -2.25. The first-order valence-electron chi connectivity index (χ1n) is 8.75. The summed E-state index contributed by atoms with van der Waals surface area (Å²) < 4.78 is 1.03. The highest BCUT2D eigenvalue weighted by molar-refractivity contribution is 14.1. The third-order valence-electron chi connectivity index (χ3n) is 4.71. The van der Waals surface area contributed by atoms with Crippen molar-refractivity contribution in [3.05, 3.63) is 105 Å². The van der Waals surface area contributed by atoms with Crippen LogP contribution in [0.15, 0.2) is 90.5 Å². The minimum absolute atomic E-state index is 0.0981. The molecule has 0 saturated carbocycles. The molecule has 0 aliphatic carbocycles. The summed E-state index contributed by atoms with van der Waals surface area (Å²) >= 11 is 2.19. The molecule has 1 aliphatic heterocycles. The zero-order valence-corrected chi connectivity index (χ0v) is 16.9. The molecule has 4 nitrogen and oxygen atoms in total. The minimum Gasteiger partial charge on any atom is -0.507 e. The first-order chi connectivity index (χ1) is 13.6. The molecule has 4 rings (SSSR count). The zero-order valence-electron chi connectivity index (χ0n) is 14.7. The number of carbonyl (C=O) groups excluding carboxylic acids is 2. The van der Waals surface area contributed by atoms with Crippen LogP contribution in [-0.4, -0.2) is 16.8 Å². The average Bonchev–Trinajstić information content (AvgIpc) is 3.00. The number of aliphatic hydroxyl groups excluding tert-OH is 1. The van der Waals surface area contributed by atoms with Crippen molar-refractivity contribution in [2.75, 3.05) is 4.90 Å². The third kappa shape index (κ3) is 3.22. The van der Waals surface area contributed by atoms with Gasteiger partial charge < -0.3 is 5.11 Å². The summed E-state index contributed by atoms with van der Waals surface area (Å²) in [5.41, 5.74) is 1.98. The molecule has 3 aromatic carbocycles. The summed E-state index contributed by atoms with van der Waals surface area (Å²) in [6.07, 6.45) is 0. The maximum Gasteiger partial charge on any atom is 0.300 e. The minimum atomic E-state index is -0.693. The molecule has 1 atom stereocenters. The largest absolute Gasteiger partial charge is 0.507 e. The van der Waals surface area contributed by atoms with Crippen molar-refractivity contribution >= 4 is 45.7 Å². The molecule has 138 valence electrons. The fourth-order valence-corrected chi connectivity index (χ4v) is 3.76. The number of ketones is 1. The molecular formula is C23H16INO3. The maximum absolute atomic E-state index is 12.9. The molecule has 1 fully saturated rings. The molecule has 1 aliphatic rings. The molecule has 0 bridgehead atoms. The average molecular weight is 481 g/mol. The Balaban J connectivity index is 1.94. The monoisotopic (exact) mass is 481 g/mol. The van der Waals surface area contributed by atoms with Crippen LogP contribution in [0.1, 0.15) is 17.2 Å². The highest BCUT2D eigenvalue weighted by Gasteiger charge is 2.46. The van der Waals surface area contributed by atoms with Crippen molar-refractivity contribution in [3.8, 4) is 0 Å². The van der Waals surface area contributed by atoms with Crippen LogP contribution < -0.4 is 4.90 Å². The van der Waals surface area contributed by atoms with E-state index in [4.69, 9.17) is 0 Å². The number of anilines is 1. The Morgan fingerprint density at radius 2 is 1.39 bits per heavy atom. The van der Waals surface area contributed by atoms with Crippen molar-refractivity contribution < 1.29 is 14.7 Å². The van der Waals surface area contributed by atoms with Gasteiger partial charge in [-0.25, -0.2) is 0 Å². The lowest BCUT2D eigenvalue weighted by Crippen LogP contribution is -2.29. The number of hydrogen-bond donors (Lipinski definition) is 1. The highest BCUT2D eigenvalue weighted by Crippen LogP contribution is 2.42. The van der Waals surface area contributed by atoms with E-state index in [2.05, 4.69) is 22.6 Å². The van der Waals surface area contributed by atoms with Crippen LogP contribution in [0.5, 0.6) is 0 Å². The predicted octanol–water partition coefficient (Wildman–Crippen LogP) is 4.92. The van der Waals surface area contributed by atoms with Gasteiger partial charge in [0.15, 0.2) is 0 Å². The number of Topliss-reactive ketones (excluding diaryl/α,β-unsaturated/α-hetero) is 1. The van der Waals surface area contributed by atoms with Gasteiger partial charge in [-0.1, -0.05) is 60.7 Å². The van der Waals surface area contributed by atoms with Crippen LogP contribution in [0.3, 0.4) is 0 Å². The standard InChI is InChI=1S/C23H16INO3/c24-17-11-13-18(14-12-17)25-20(15-7-3-1-4-8-15)19(22(27)23(25)28)21(26)16-9-5-2-6-10-16/h1-14,20,26H/b21-19-/t20-/m0/s1. The summed E-state index contributed by atoms with van der Waals surface area (Å²) in [5.74, 6) is -1.50. The van der Waals surface area contributed by atoms with E-state index in [-0.39, 0.29) is 11.3 Å². The molecule has 1 amide bonds. The number of aliphatic hydroxyl groups is 1. The summed E-state index contributed by atoms with van der Waals surface area (Å²) in [4.78, 5) is 27.4. The van der Waals surface area contributed by atoms with Crippen LogP contribution in [0.2, 0.25) is 0 Å². The van der Waals surface area contributed by atoms with Crippen LogP contribution in [0.4, 0.5) is 5.69 Å². The van der Waals surface area contributed by atoms with Crippen molar-refractivity contribution in [3.63, 3.8) is 0 Å². The zero-order chi connectivity index (χ0) is 19.7. The van der Waals surface area contributed by atoms with E-state index in [1.54, 1.807) is 24.3 Å².